The predicted octanol–water partition coefficient (Wildman–Crippen LogP) is 2.57. The van der Waals surface area contributed by atoms with E-state index in [1.807, 2.05) is 6.07 Å². The molecule has 0 aliphatic carbocycles. The number of hydrogen-bond donors (Lipinski definition) is 2. The topological polar surface area (TPSA) is 90.2 Å². The molecular formula is C13H8N2O3S. The molecule has 1 heterocycles. The molecule has 5 nitrogen and oxygen atoms in total. The molecule has 0 spiro atoms. The molecule has 1 aromatic carbocycles. The van der Waals surface area contributed by atoms with Crippen LogP contribution in [-0.2, 0) is 0 Å². The number of thiophene rings is 1. The Hall–Kier alpha value is -2.65. The minimum atomic E-state index is -1.05. The van der Waals surface area contributed by atoms with Gasteiger partial charge in [-0.05, 0) is 36.4 Å². The van der Waals surface area contributed by atoms with Gasteiger partial charge in [0.25, 0.3) is 5.91 Å². The normalized spacial score (nSPS) is 9.63. The third kappa shape index (κ3) is 2.97. The lowest BCUT2D eigenvalue weighted by Crippen LogP contribution is -2.09. The number of nitriles is 1. The SMILES string of the molecule is N#Cc1ccc(NC(=O)c2ccc(C(=O)O)s2)cc1. The van der Waals surface area contributed by atoms with Crippen LogP contribution in [0.1, 0.15) is 24.9 Å². The van der Waals surface area contributed by atoms with Crippen LogP contribution in [0.15, 0.2) is 36.4 Å². The van der Waals surface area contributed by atoms with Crippen molar-refractivity contribution in [1.29, 1.82) is 5.26 Å². The van der Waals surface area contributed by atoms with Crippen molar-refractivity contribution in [2.24, 2.45) is 0 Å². The van der Waals surface area contributed by atoms with E-state index >= 15 is 0 Å². The summed E-state index contributed by atoms with van der Waals surface area (Å²) < 4.78 is 0. The summed E-state index contributed by atoms with van der Waals surface area (Å²) in [6, 6.07) is 11.2. The molecule has 2 rings (SSSR count). The van der Waals surface area contributed by atoms with Crippen LogP contribution in [0.2, 0.25) is 0 Å². The second kappa shape index (κ2) is 5.33. The van der Waals surface area contributed by atoms with E-state index < -0.39 is 5.97 Å². The van der Waals surface area contributed by atoms with Gasteiger partial charge in [-0.2, -0.15) is 5.26 Å². The Morgan fingerprint density at radius 1 is 1.11 bits per heavy atom. The predicted molar refractivity (Wildman–Crippen MR) is 70.4 cm³/mol. The van der Waals surface area contributed by atoms with Gasteiger partial charge in [0.05, 0.1) is 16.5 Å². The minimum absolute atomic E-state index is 0.116. The van der Waals surface area contributed by atoms with Crippen LogP contribution in [-0.4, -0.2) is 17.0 Å². The Morgan fingerprint density at radius 2 is 1.74 bits per heavy atom. The van der Waals surface area contributed by atoms with Crippen molar-refractivity contribution < 1.29 is 14.7 Å². The maximum atomic E-state index is 11.8. The number of carboxylic acids is 1. The number of anilines is 1. The van der Waals surface area contributed by atoms with E-state index in [2.05, 4.69) is 5.32 Å². The summed E-state index contributed by atoms with van der Waals surface area (Å²) in [4.78, 5) is 23.0. The van der Waals surface area contributed by atoms with Gasteiger partial charge in [0.2, 0.25) is 0 Å². The Bertz CT molecular complexity index is 668. The zero-order valence-electron chi connectivity index (χ0n) is 9.58. The van der Waals surface area contributed by atoms with E-state index in [4.69, 9.17) is 10.4 Å². The van der Waals surface area contributed by atoms with Crippen LogP contribution in [0.4, 0.5) is 5.69 Å². The molecule has 19 heavy (non-hydrogen) atoms. The molecule has 2 N–H and O–H groups in total. The lowest BCUT2D eigenvalue weighted by atomic mass is 10.2. The molecule has 0 aliphatic rings. The van der Waals surface area contributed by atoms with Gasteiger partial charge in [-0.15, -0.1) is 11.3 Å². The lowest BCUT2D eigenvalue weighted by Gasteiger charge is -2.02. The molecule has 0 radical (unpaired) electrons. The average Bonchev–Trinajstić information content (AvgIpc) is 2.89. The first-order chi connectivity index (χ1) is 9.10. The minimum Gasteiger partial charge on any atom is -0.477 e. The summed E-state index contributed by atoms with van der Waals surface area (Å²) in [5, 5.41) is 20.1. The molecule has 2 aromatic rings. The van der Waals surface area contributed by atoms with Gasteiger partial charge in [-0.3, -0.25) is 4.79 Å². The molecule has 1 aromatic heterocycles. The summed E-state index contributed by atoms with van der Waals surface area (Å²) in [6.07, 6.45) is 0. The van der Waals surface area contributed by atoms with Crippen molar-refractivity contribution in [3.8, 4) is 6.07 Å². The van der Waals surface area contributed by atoms with E-state index in [1.165, 1.54) is 12.1 Å². The van der Waals surface area contributed by atoms with Crippen LogP contribution < -0.4 is 5.32 Å². The number of benzene rings is 1. The number of nitrogens with zero attached hydrogens (tertiary/aromatic N) is 1. The van der Waals surface area contributed by atoms with Crippen LogP contribution in [0.5, 0.6) is 0 Å². The first kappa shape index (κ1) is 12.8. The molecule has 0 aliphatic heterocycles. The molecule has 1 amide bonds. The molecule has 0 saturated heterocycles. The van der Waals surface area contributed by atoms with Crippen molar-refractivity contribution in [3.63, 3.8) is 0 Å². The Balaban J connectivity index is 2.11. The highest BCUT2D eigenvalue weighted by atomic mass is 32.1. The first-order valence-corrected chi connectivity index (χ1v) is 6.06. The number of aromatic carboxylic acids is 1. The van der Waals surface area contributed by atoms with E-state index in [1.54, 1.807) is 24.3 Å². The van der Waals surface area contributed by atoms with E-state index in [0.717, 1.165) is 11.3 Å². The van der Waals surface area contributed by atoms with Gasteiger partial charge in [-0.1, -0.05) is 0 Å². The second-order valence-electron chi connectivity index (χ2n) is 3.61. The fraction of sp³-hybridized carbons (Fsp3) is 0. The fourth-order valence-electron chi connectivity index (χ4n) is 1.40. The van der Waals surface area contributed by atoms with Crippen molar-refractivity contribution in [2.75, 3.05) is 5.32 Å². The van der Waals surface area contributed by atoms with Gasteiger partial charge in [-0.25, -0.2) is 4.79 Å². The number of carbonyl (C=O) groups excluding carboxylic acids is 1. The molecule has 0 bridgehead atoms. The molecule has 94 valence electrons. The summed E-state index contributed by atoms with van der Waals surface area (Å²) in [5.74, 6) is -1.43. The molecule has 0 unspecified atom stereocenters. The lowest BCUT2D eigenvalue weighted by molar-refractivity contribution is 0.0702. The zero-order chi connectivity index (χ0) is 13.8. The quantitative estimate of drug-likeness (QED) is 0.898. The van der Waals surface area contributed by atoms with E-state index in [-0.39, 0.29) is 10.8 Å². The van der Waals surface area contributed by atoms with E-state index in [9.17, 15) is 9.59 Å². The number of hydrogen-bond acceptors (Lipinski definition) is 4. The standard InChI is InChI=1S/C13H8N2O3S/c14-7-8-1-3-9(4-2-8)15-12(16)10-5-6-11(19-10)13(17)18/h1-6H,(H,15,16)(H,17,18). The molecule has 0 fully saturated rings. The average molecular weight is 272 g/mol. The van der Waals surface area contributed by atoms with Crippen molar-refractivity contribution in [1.82, 2.24) is 0 Å². The van der Waals surface area contributed by atoms with Gasteiger partial charge in [0.1, 0.15) is 4.88 Å². The number of amides is 1. The highest BCUT2D eigenvalue weighted by Crippen LogP contribution is 2.18. The summed E-state index contributed by atoms with van der Waals surface area (Å²) in [6.45, 7) is 0. The van der Waals surface area contributed by atoms with Crippen LogP contribution >= 0.6 is 11.3 Å². The second-order valence-corrected chi connectivity index (χ2v) is 4.70. The van der Waals surface area contributed by atoms with Gasteiger partial charge in [0, 0.05) is 5.69 Å². The third-order valence-corrected chi connectivity index (χ3v) is 3.38. The summed E-state index contributed by atoms with van der Waals surface area (Å²) in [5.41, 5.74) is 1.05. The third-order valence-electron chi connectivity index (χ3n) is 2.31. The zero-order valence-corrected chi connectivity index (χ0v) is 10.4. The summed E-state index contributed by atoms with van der Waals surface area (Å²) >= 11 is 0.912. The fourth-order valence-corrected chi connectivity index (χ4v) is 2.14. The van der Waals surface area contributed by atoms with Gasteiger partial charge < -0.3 is 10.4 Å². The van der Waals surface area contributed by atoms with Crippen LogP contribution in [0, 0.1) is 11.3 Å². The Morgan fingerprint density at radius 3 is 2.26 bits per heavy atom. The molecule has 0 atom stereocenters. The number of carbonyl (C=O) groups is 2. The van der Waals surface area contributed by atoms with Crippen LogP contribution in [0.25, 0.3) is 0 Å². The van der Waals surface area contributed by atoms with E-state index in [0.29, 0.717) is 16.1 Å². The van der Waals surface area contributed by atoms with Gasteiger partial charge >= 0.3 is 5.97 Å². The van der Waals surface area contributed by atoms with Crippen LogP contribution in [0.3, 0.4) is 0 Å². The number of rotatable bonds is 3. The number of nitrogens with one attached hydrogen (secondary N) is 1. The monoisotopic (exact) mass is 272 g/mol. The number of carboxylic acid groups (broad SMARTS) is 1. The maximum absolute atomic E-state index is 11.8. The highest BCUT2D eigenvalue weighted by Gasteiger charge is 2.12. The smallest absolute Gasteiger partial charge is 0.345 e. The van der Waals surface area contributed by atoms with Crippen molar-refractivity contribution in [2.45, 2.75) is 0 Å². The Kier molecular flexibility index (Phi) is 3.59. The maximum Gasteiger partial charge on any atom is 0.345 e. The van der Waals surface area contributed by atoms with Gasteiger partial charge in [0.15, 0.2) is 0 Å². The highest BCUT2D eigenvalue weighted by molar-refractivity contribution is 7.15. The molecule has 0 saturated carbocycles. The largest absolute Gasteiger partial charge is 0.477 e. The Labute approximate surface area is 112 Å². The summed E-state index contributed by atoms with van der Waals surface area (Å²) in [7, 11) is 0. The van der Waals surface area contributed by atoms with Crippen molar-refractivity contribution >= 4 is 28.9 Å². The van der Waals surface area contributed by atoms with Crippen molar-refractivity contribution in [3.05, 3.63) is 51.7 Å². The molecule has 6 heteroatoms. The first-order valence-electron chi connectivity index (χ1n) is 5.25. The molecular weight excluding hydrogens is 264 g/mol.